The maximum absolute atomic E-state index is 7.15. The lowest BCUT2D eigenvalue weighted by atomic mass is 10.3. The van der Waals surface area contributed by atoms with Crippen LogP contribution in [0.1, 0.15) is 23.9 Å². The topological polar surface area (TPSA) is 8.81 Å². The van der Waals surface area contributed by atoms with E-state index in [9.17, 15) is 0 Å². The van der Waals surface area contributed by atoms with E-state index >= 15 is 0 Å². The van der Waals surface area contributed by atoms with Crippen LogP contribution in [0, 0.1) is 0 Å². The molecule has 1 rings (SSSR count). The highest BCUT2D eigenvalue weighted by Gasteiger charge is 1.96. The van der Waals surface area contributed by atoms with Crippen molar-refractivity contribution in [2.45, 2.75) is 26.3 Å². The van der Waals surface area contributed by atoms with E-state index < -0.39 is 6.98 Å². The Morgan fingerprint density at radius 1 is 1.70 bits per heavy atom. The summed E-state index contributed by atoms with van der Waals surface area (Å²) in [4.78, 5) is 0. The Morgan fingerprint density at radius 2 is 2.60 bits per heavy atom. The van der Waals surface area contributed by atoms with E-state index in [4.69, 9.17) is 4.11 Å². The summed E-state index contributed by atoms with van der Waals surface area (Å²) in [6, 6.07) is 0. The van der Waals surface area contributed by atoms with Crippen molar-refractivity contribution >= 4 is 0 Å². The summed E-state index contributed by atoms with van der Waals surface area (Å²) in [5.41, 5.74) is 0. The summed E-state index contributed by atoms with van der Waals surface area (Å²) in [6.07, 6.45) is 7.20. The molecular weight excluding hydrogens is 124 g/mol. The van der Waals surface area contributed by atoms with Crippen molar-refractivity contribution in [1.82, 2.24) is 4.57 Å². The minimum absolute atomic E-state index is 0.888. The van der Waals surface area contributed by atoms with Crippen molar-refractivity contribution in [3.05, 3.63) is 18.7 Å². The first kappa shape index (κ1) is 4.16. The second-order valence-electron chi connectivity index (χ2n) is 2.41. The van der Waals surface area contributed by atoms with E-state index in [-0.39, 0.29) is 0 Å². The molecule has 0 saturated heterocycles. The van der Waals surface area contributed by atoms with Crippen LogP contribution in [0.25, 0.3) is 0 Å². The largest absolute Gasteiger partial charge is 0.243 e. The number of aromatic nitrogens is 2. The molecule has 0 saturated carbocycles. The van der Waals surface area contributed by atoms with Crippen molar-refractivity contribution < 1.29 is 8.68 Å². The number of unbranched alkanes of at least 4 members (excludes halogenated alkanes) is 1. The van der Waals surface area contributed by atoms with Crippen molar-refractivity contribution in [3.8, 4) is 0 Å². The van der Waals surface area contributed by atoms with Crippen LogP contribution in [-0.4, -0.2) is 4.57 Å². The van der Waals surface area contributed by atoms with Gasteiger partial charge in [0.15, 0.2) is 0 Å². The Hall–Kier alpha value is -0.790. The first-order chi connectivity index (χ1) is 6.04. The third-order valence-corrected chi connectivity index (χ3v) is 1.46. The Kier molecular flexibility index (Phi) is 1.41. The summed E-state index contributed by atoms with van der Waals surface area (Å²) in [7, 11) is 0. The second kappa shape index (κ2) is 3.40. The Morgan fingerprint density at radius 3 is 3.20 bits per heavy atom. The fourth-order valence-corrected chi connectivity index (χ4v) is 0.867. The molecule has 0 aliphatic heterocycles. The van der Waals surface area contributed by atoms with E-state index in [1.165, 1.54) is 4.57 Å². The van der Waals surface area contributed by atoms with Gasteiger partial charge in [-0.05, 0) is 6.42 Å². The minimum Gasteiger partial charge on any atom is -0.240 e. The molecule has 2 heteroatoms. The zero-order valence-electron chi connectivity index (χ0n) is 9.25. The van der Waals surface area contributed by atoms with Gasteiger partial charge in [-0.1, -0.05) is 13.3 Å². The highest BCUT2D eigenvalue weighted by atomic mass is 15.1. The van der Waals surface area contributed by atoms with Crippen molar-refractivity contribution in [1.29, 1.82) is 0 Å². The molecule has 0 aromatic carbocycles. The van der Waals surface area contributed by atoms with Gasteiger partial charge in [0, 0.05) is 0 Å². The van der Waals surface area contributed by atoms with Crippen molar-refractivity contribution in [2.75, 3.05) is 0 Å². The molecule has 0 radical (unpaired) electrons. The van der Waals surface area contributed by atoms with Gasteiger partial charge in [-0.25, -0.2) is 9.13 Å². The normalized spacial score (nSPS) is 15.9. The van der Waals surface area contributed by atoms with Crippen LogP contribution in [0.3, 0.4) is 0 Å². The molecule has 1 aromatic heterocycles. The fourth-order valence-electron chi connectivity index (χ4n) is 0.867. The molecule has 0 fully saturated rings. The first-order valence-corrected chi connectivity index (χ1v) is 3.61. The van der Waals surface area contributed by atoms with Gasteiger partial charge >= 0.3 is 0 Å². The number of aryl methyl sites for hydroxylation is 2. The third-order valence-electron chi connectivity index (χ3n) is 1.46. The van der Waals surface area contributed by atoms with Crippen LogP contribution in [0.4, 0.5) is 0 Å². The smallest absolute Gasteiger partial charge is 0.240 e. The van der Waals surface area contributed by atoms with Crippen LogP contribution < -0.4 is 4.57 Å². The highest BCUT2D eigenvalue weighted by molar-refractivity contribution is 4.65. The molecule has 0 spiro atoms. The van der Waals surface area contributed by atoms with Crippen LogP contribution in [-0.2, 0) is 13.5 Å². The molecule has 0 N–H and O–H groups in total. The molecule has 2 nitrogen and oxygen atoms in total. The lowest BCUT2D eigenvalue weighted by molar-refractivity contribution is -0.671. The van der Waals surface area contributed by atoms with E-state index in [2.05, 4.69) is 6.92 Å². The Labute approximate surface area is 66.3 Å². The zero-order valence-corrected chi connectivity index (χ0v) is 6.25. The molecule has 0 unspecified atom stereocenters. The highest BCUT2D eigenvalue weighted by Crippen LogP contribution is 1.91. The molecule has 0 aliphatic rings. The summed E-state index contributed by atoms with van der Waals surface area (Å²) < 4.78 is 24.6. The first-order valence-electron chi connectivity index (χ1n) is 5.11. The number of rotatable bonds is 3. The average Bonchev–Trinajstić information content (AvgIpc) is 2.47. The molecule has 0 amide bonds. The molecular formula is C8H15N2+. The van der Waals surface area contributed by atoms with Gasteiger partial charge in [0.2, 0.25) is 6.33 Å². The van der Waals surface area contributed by atoms with E-state index in [0.29, 0.717) is 0 Å². The number of hydrogen-bond acceptors (Lipinski definition) is 0. The lowest BCUT2D eigenvalue weighted by Gasteiger charge is -1.90. The van der Waals surface area contributed by atoms with E-state index in [1.807, 2.05) is 4.57 Å². The molecule has 0 aliphatic carbocycles. The summed E-state index contributed by atoms with van der Waals surface area (Å²) >= 11 is 0. The second-order valence-corrected chi connectivity index (χ2v) is 2.41. The maximum Gasteiger partial charge on any atom is 0.243 e. The zero-order chi connectivity index (χ0) is 9.90. The predicted molar refractivity (Wildman–Crippen MR) is 40.5 cm³/mol. The van der Waals surface area contributed by atoms with Gasteiger partial charge in [-0.2, -0.15) is 0 Å². The van der Waals surface area contributed by atoms with Gasteiger partial charge in [-0.15, -0.1) is 0 Å². The van der Waals surface area contributed by atoms with Crippen molar-refractivity contribution in [3.63, 3.8) is 0 Å². The maximum atomic E-state index is 7.15. The molecule has 0 bridgehead atoms. The third kappa shape index (κ3) is 1.87. The quantitative estimate of drug-likeness (QED) is 0.559. The summed E-state index contributed by atoms with van der Waals surface area (Å²) in [5.74, 6) is 0. The monoisotopic (exact) mass is 142 g/mol. The molecule has 10 heavy (non-hydrogen) atoms. The van der Waals surface area contributed by atoms with Crippen LogP contribution in [0.2, 0.25) is 0 Å². The molecule has 0 atom stereocenters. The van der Waals surface area contributed by atoms with E-state index in [0.717, 1.165) is 19.4 Å². The van der Waals surface area contributed by atoms with Gasteiger partial charge < -0.3 is 0 Å². The van der Waals surface area contributed by atoms with Gasteiger partial charge in [0.1, 0.15) is 12.4 Å². The number of nitrogens with zero attached hydrogens (tertiary/aromatic N) is 2. The van der Waals surface area contributed by atoms with E-state index in [1.54, 1.807) is 18.7 Å². The SMILES string of the molecule is [2H]C([2H])([2H])[n+]1ccn(CCCC)c1. The predicted octanol–water partition coefficient (Wildman–Crippen LogP) is 1.11. The summed E-state index contributed by atoms with van der Waals surface area (Å²) in [6.45, 7) is 0.957. The summed E-state index contributed by atoms with van der Waals surface area (Å²) in [5, 5.41) is 0. The molecule has 56 valence electrons. The Balaban J connectivity index is 2.64. The minimum atomic E-state index is -2.04. The molecule has 1 aromatic rings. The number of imidazole rings is 1. The molecule has 1 heterocycles. The van der Waals surface area contributed by atoms with Gasteiger partial charge in [-0.3, -0.25) is 0 Å². The van der Waals surface area contributed by atoms with Gasteiger partial charge in [0.25, 0.3) is 0 Å². The number of hydrogen-bond donors (Lipinski definition) is 0. The fraction of sp³-hybridized carbons (Fsp3) is 0.625. The average molecular weight is 142 g/mol. The standard InChI is InChI=1S/C8H15N2/c1-3-4-5-10-7-6-9(2)8-10/h6-8H,3-5H2,1-2H3/q+1/i2D3. The van der Waals surface area contributed by atoms with Crippen LogP contribution in [0.15, 0.2) is 18.7 Å². The Bertz CT molecular complexity index is 265. The van der Waals surface area contributed by atoms with Crippen LogP contribution >= 0.6 is 0 Å². The van der Waals surface area contributed by atoms with Crippen molar-refractivity contribution in [2.24, 2.45) is 6.98 Å². The van der Waals surface area contributed by atoms with Crippen LogP contribution in [0.5, 0.6) is 0 Å². The van der Waals surface area contributed by atoms with Gasteiger partial charge in [0.05, 0.1) is 17.6 Å². The lowest BCUT2D eigenvalue weighted by Crippen LogP contribution is -2.23.